The van der Waals surface area contributed by atoms with E-state index >= 15 is 0 Å². The molecule has 2 aromatic rings. The van der Waals surface area contributed by atoms with E-state index in [1.54, 1.807) is 54.7 Å². The number of amides is 2. The summed E-state index contributed by atoms with van der Waals surface area (Å²) in [5, 5.41) is 2.79. The number of rotatable bonds is 9. The highest BCUT2D eigenvalue weighted by atomic mass is 16.2. The second-order valence-electron chi connectivity index (χ2n) is 5.86. The SMILES string of the molecule is CCCCCC=CNNC(=O)c1ccccc1NC(=O)c1ccccc1. The summed E-state index contributed by atoms with van der Waals surface area (Å²) < 4.78 is 0. The molecule has 0 saturated carbocycles. The number of unbranched alkanes of at least 4 members (excludes halogenated alkanes) is 3. The minimum Gasteiger partial charge on any atom is -0.321 e. The van der Waals surface area contributed by atoms with Crippen LogP contribution in [0.25, 0.3) is 0 Å². The van der Waals surface area contributed by atoms with Crippen molar-refractivity contribution in [2.75, 3.05) is 5.32 Å². The lowest BCUT2D eigenvalue weighted by Gasteiger charge is -2.11. The maximum atomic E-state index is 12.4. The van der Waals surface area contributed by atoms with Gasteiger partial charge in [0.15, 0.2) is 0 Å². The normalized spacial score (nSPS) is 10.5. The predicted molar refractivity (Wildman–Crippen MR) is 105 cm³/mol. The lowest BCUT2D eigenvalue weighted by Crippen LogP contribution is -2.34. The molecular weight excluding hydrogens is 326 g/mol. The van der Waals surface area contributed by atoms with Crippen LogP contribution in [-0.4, -0.2) is 11.8 Å². The molecule has 0 atom stereocenters. The molecule has 0 saturated heterocycles. The third-order valence-electron chi connectivity index (χ3n) is 3.82. The molecule has 5 heteroatoms. The first-order valence-electron chi connectivity index (χ1n) is 8.88. The number of carbonyl (C=O) groups excluding carboxylic acids is 2. The zero-order valence-corrected chi connectivity index (χ0v) is 15.0. The van der Waals surface area contributed by atoms with Crippen molar-refractivity contribution in [1.29, 1.82) is 0 Å². The van der Waals surface area contributed by atoms with E-state index in [1.165, 1.54) is 12.8 Å². The van der Waals surface area contributed by atoms with Gasteiger partial charge in [0, 0.05) is 11.8 Å². The highest BCUT2D eigenvalue weighted by molar-refractivity contribution is 6.08. The Morgan fingerprint density at radius 3 is 2.42 bits per heavy atom. The summed E-state index contributed by atoms with van der Waals surface area (Å²) in [7, 11) is 0. The predicted octanol–water partition coefficient (Wildman–Crippen LogP) is 4.27. The average Bonchev–Trinajstić information content (AvgIpc) is 2.68. The van der Waals surface area contributed by atoms with Gasteiger partial charge in [-0.15, -0.1) is 0 Å². The molecule has 0 fully saturated rings. The van der Waals surface area contributed by atoms with Gasteiger partial charge in [0.2, 0.25) is 0 Å². The van der Waals surface area contributed by atoms with Crippen molar-refractivity contribution in [2.45, 2.75) is 32.6 Å². The van der Waals surface area contributed by atoms with Gasteiger partial charge in [0.05, 0.1) is 11.3 Å². The molecule has 0 aliphatic rings. The molecular formula is C21H25N3O2. The molecule has 0 bridgehead atoms. The number of anilines is 1. The van der Waals surface area contributed by atoms with Crippen LogP contribution in [0.5, 0.6) is 0 Å². The molecule has 2 amide bonds. The monoisotopic (exact) mass is 351 g/mol. The Bertz CT molecular complexity index is 742. The first kappa shape index (κ1) is 19.2. The Kier molecular flexibility index (Phi) is 7.93. The Hall–Kier alpha value is -3.08. The van der Waals surface area contributed by atoms with E-state index in [0.717, 1.165) is 12.8 Å². The Morgan fingerprint density at radius 2 is 1.65 bits per heavy atom. The molecule has 0 heterocycles. The molecule has 0 aliphatic carbocycles. The van der Waals surface area contributed by atoms with Crippen molar-refractivity contribution in [3.63, 3.8) is 0 Å². The lowest BCUT2D eigenvalue weighted by molar-refractivity contribution is 0.0942. The molecule has 5 nitrogen and oxygen atoms in total. The highest BCUT2D eigenvalue weighted by Crippen LogP contribution is 2.16. The fourth-order valence-corrected chi connectivity index (χ4v) is 2.40. The maximum absolute atomic E-state index is 12.4. The molecule has 0 unspecified atom stereocenters. The van der Waals surface area contributed by atoms with Crippen LogP contribution < -0.4 is 16.2 Å². The smallest absolute Gasteiger partial charge is 0.271 e. The van der Waals surface area contributed by atoms with Crippen molar-refractivity contribution in [3.8, 4) is 0 Å². The van der Waals surface area contributed by atoms with Gasteiger partial charge in [-0.2, -0.15) is 0 Å². The van der Waals surface area contributed by atoms with Crippen molar-refractivity contribution >= 4 is 17.5 Å². The molecule has 26 heavy (non-hydrogen) atoms. The molecule has 0 radical (unpaired) electrons. The number of hydrogen-bond acceptors (Lipinski definition) is 3. The Labute approximate surface area is 154 Å². The quantitative estimate of drug-likeness (QED) is 0.467. The Morgan fingerprint density at radius 1 is 0.923 bits per heavy atom. The zero-order chi connectivity index (χ0) is 18.6. The van der Waals surface area contributed by atoms with E-state index in [9.17, 15) is 9.59 Å². The summed E-state index contributed by atoms with van der Waals surface area (Å²) in [5.74, 6) is -0.568. The van der Waals surface area contributed by atoms with Crippen LogP contribution in [0, 0.1) is 0 Å². The van der Waals surface area contributed by atoms with Gasteiger partial charge in [-0.3, -0.25) is 15.0 Å². The second-order valence-corrected chi connectivity index (χ2v) is 5.86. The van der Waals surface area contributed by atoms with Crippen LogP contribution in [0.4, 0.5) is 5.69 Å². The number of carbonyl (C=O) groups is 2. The number of hydrogen-bond donors (Lipinski definition) is 3. The largest absolute Gasteiger partial charge is 0.321 e. The first-order chi connectivity index (χ1) is 12.7. The summed E-state index contributed by atoms with van der Waals surface area (Å²) in [6.45, 7) is 2.16. The third-order valence-corrected chi connectivity index (χ3v) is 3.82. The fourth-order valence-electron chi connectivity index (χ4n) is 2.40. The van der Waals surface area contributed by atoms with Crippen LogP contribution >= 0.6 is 0 Å². The highest BCUT2D eigenvalue weighted by Gasteiger charge is 2.13. The molecule has 0 aromatic heterocycles. The van der Waals surface area contributed by atoms with Gasteiger partial charge >= 0.3 is 0 Å². The molecule has 0 spiro atoms. The van der Waals surface area contributed by atoms with Crippen LogP contribution in [-0.2, 0) is 0 Å². The summed E-state index contributed by atoms with van der Waals surface area (Å²) in [4.78, 5) is 24.7. The van der Waals surface area contributed by atoms with E-state index in [4.69, 9.17) is 0 Å². The number of para-hydroxylation sites is 1. The van der Waals surface area contributed by atoms with Crippen molar-refractivity contribution in [1.82, 2.24) is 10.9 Å². The van der Waals surface area contributed by atoms with Gasteiger partial charge in [-0.1, -0.05) is 56.2 Å². The second kappa shape index (κ2) is 10.7. The molecule has 0 aliphatic heterocycles. The van der Waals surface area contributed by atoms with Gasteiger partial charge < -0.3 is 10.7 Å². The average molecular weight is 351 g/mol. The lowest BCUT2D eigenvalue weighted by atomic mass is 10.1. The van der Waals surface area contributed by atoms with Crippen LogP contribution in [0.3, 0.4) is 0 Å². The number of hydrazine groups is 1. The van der Waals surface area contributed by atoms with Crippen molar-refractivity contribution in [3.05, 3.63) is 78.0 Å². The van der Waals surface area contributed by atoms with E-state index in [-0.39, 0.29) is 11.8 Å². The minimum atomic E-state index is -0.313. The van der Waals surface area contributed by atoms with E-state index in [2.05, 4.69) is 23.1 Å². The maximum Gasteiger partial charge on any atom is 0.271 e. The Balaban J connectivity index is 1.93. The fraction of sp³-hybridized carbons (Fsp3) is 0.238. The third kappa shape index (κ3) is 6.09. The summed E-state index contributed by atoms with van der Waals surface area (Å²) in [6.07, 6.45) is 8.20. The number of nitrogens with one attached hydrogen (secondary N) is 3. The first-order valence-corrected chi connectivity index (χ1v) is 8.88. The summed E-state index contributed by atoms with van der Waals surface area (Å²) in [5.41, 5.74) is 6.79. The molecule has 136 valence electrons. The van der Waals surface area contributed by atoms with Gasteiger partial charge in [0.25, 0.3) is 11.8 Å². The summed E-state index contributed by atoms with van der Waals surface area (Å²) in [6, 6.07) is 15.8. The van der Waals surface area contributed by atoms with E-state index in [0.29, 0.717) is 16.8 Å². The van der Waals surface area contributed by atoms with Crippen LogP contribution in [0.1, 0.15) is 53.3 Å². The van der Waals surface area contributed by atoms with Crippen LogP contribution in [0.15, 0.2) is 66.9 Å². The zero-order valence-electron chi connectivity index (χ0n) is 15.0. The number of allylic oxidation sites excluding steroid dienone is 1. The van der Waals surface area contributed by atoms with Gasteiger partial charge in [-0.05, 0) is 37.1 Å². The standard InChI is InChI=1S/C21H25N3O2/c1-2-3-4-5-11-16-22-24-21(26)18-14-9-10-15-19(18)23-20(25)17-12-7-6-8-13-17/h6-16,22H,2-5H2,1H3,(H,23,25)(H,24,26). The van der Waals surface area contributed by atoms with E-state index in [1.807, 2.05) is 12.1 Å². The van der Waals surface area contributed by atoms with Gasteiger partial charge in [0.1, 0.15) is 0 Å². The molecule has 2 rings (SSSR count). The van der Waals surface area contributed by atoms with Crippen molar-refractivity contribution in [2.24, 2.45) is 0 Å². The molecule has 2 aromatic carbocycles. The topological polar surface area (TPSA) is 70.2 Å². The van der Waals surface area contributed by atoms with E-state index < -0.39 is 0 Å². The summed E-state index contributed by atoms with van der Waals surface area (Å²) >= 11 is 0. The number of benzene rings is 2. The van der Waals surface area contributed by atoms with Crippen molar-refractivity contribution < 1.29 is 9.59 Å². The van der Waals surface area contributed by atoms with Crippen LogP contribution in [0.2, 0.25) is 0 Å². The van der Waals surface area contributed by atoms with Gasteiger partial charge in [-0.25, -0.2) is 0 Å². The minimum absolute atomic E-state index is 0.255. The molecule has 3 N–H and O–H groups in total.